The fraction of sp³-hybridized carbons (Fsp3) is 0.412. The van der Waals surface area contributed by atoms with Crippen molar-refractivity contribution >= 4 is 23.1 Å². The first-order valence-electron chi connectivity index (χ1n) is 14.7. The number of nitrogens with one attached hydrogen (secondary N) is 2. The highest BCUT2D eigenvalue weighted by Gasteiger charge is 2.72. The topological polar surface area (TPSA) is 98.7 Å². The van der Waals surface area contributed by atoms with Gasteiger partial charge in [-0.15, -0.1) is 0 Å². The monoisotopic (exact) mass is 652 g/mol. The van der Waals surface area contributed by atoms with Gasteiger partial charge in [-0.2, -0.15) is 26.3 Å². The third-order valence-electron chi connectivity index (χ3n) is 8.84. The summed E-state index contributed by atoms with van der Waals surface area (Å²) in [6.07, 6.45) is -10.6. The number of hydrogen-bond acceptors (Lipinski definition) is 5. The average molecular weight is 653 g/mol. The number of amides is 1. The number of carbonyl (C=O) groups is 2. The fourth-order valence-electron chi connectivity index (χ4n) is 5.02. The lowest BCUT2D eigenvalue weighted by Crippen LogP contribution is -2.54. The highest BCUT2D eigenvalue weighted by atomic mass is 19.4. The van der Waals surface area contributed by atoms with E-state index < -0.39 is 62.9 Å². The van der Waals surface area contributed by atoms with E-state index in [2.05, 4.69) is 10.6 Å². The number of alkyl halides is 6. The number of Topliss-reactive ketones (excluding diaryl/α,β-unsaturated/α-hetero) is 1. The second-order valence-corrected chi connectivity index (χ2v) is 12.2. The van der Waals surface area contributed by atoms with Crippen LogP contribution in [0.4, 0.5) is 37.7 Å². The van der Waals surface area contributed by atoms with Crippen molar-refractivity contribution in [1.29, 1.82) is 0 Å². The highest BCUT2D eigenvalue weighted by Crippen LogP contribution is 2.57. The van der Waals surface area contributed by atoms with E-state index in [1.54, 1.807) is 34.6 Å². The average Bonchev–Trinajstić information content (AvgIpc) is 2.98. The summed E-state index contributed by atoms with van der Waals surface area (Å²) in [6.45, 7) is 10.5. The van der Waals surface area contributed by atoms with Gasteiger partial charge in [0, 0.05) is 22.1 Å². The maximum atomic E-state index is 15.0. The number of benzene rings is 3. The van der Waals surface area contributed by atoms with Gasteiger partial charge in [-0.25, -0.2) is 0 Å². The fourth-order valence-corrected chi connectivity index (χ4v) is 5.02. The van der Waals surface area contributed by atoms with Crippen LogP contribution in [0.2, 0.25) is 0 Å². The number of aromatic hydroxyl groups is 2. The van der Waals surface area contributed by atoms with E-state index in [0.29, 0.717) is 49.6 Å². The number of carbonyl (C=O) groups excluding carboxylic acids is 2. The van der Waals surface area contributed by atoms with Gasteiger partial charge in [0.05, 0.1) is 11.4 Å². The molecule has 1 amide bonds. The molecule has 3 aromatic rings. The van der Waals surface area contributed by atoms with E-state index in [0.717, 1.165) is 6.07 Å². The van der Waals surface area contributed by atoms with E-state index in [1.807, 2.05) is 6.92 Å². The Kier molecular flexibility index (Phi) is 10.2. The summed E-state index contributed by atoms with van der Waals surface area (Å²) in [4.78, 5) is 26.1. The highest BCUT2D eigenvalue weighted by molar-refractivity contribution is 6.07. The molecular weight excluding hydrogens is 614 g/mol. The van der Waals surface area contributed by atoms with E-state index in [9.17, 15) is 46.1 Å². The van der Waals surface area contributed by atoms with Crippen molar-refractivity contribution in [1.82, 2.24) is 0 Å². The van der Waals surface area contributed by atoms with Crippen LogP contribution in [0.5, 0.6) is 11.5 Å². The van der Waals surface area contributed by atoms with Gasteiger partial charge in [0.25, 0.3) is 5.91 Å². The maximum Gasteiger partial charge on any atom is 0.411 e. The summed E-state index contributed by atoms with van der Waals surface area (Å²) in [5.74, 6) is -2.58. The molecule has 0 aliphatic heterocycles. The quantitative estimate of drug-likeness (QED) is 0.0940. The van der Waals surface area contributed by atoms with Gasteiger partial charge < -0.3 is 20.8 Å². The molecule has 12 heteroatoms. The molecule has 0 fully saturated rings. The lowest BCUT2D eigenvalue weighted by molar-refractivity contribution is -0.288. The molecule has 3 aromatic carbocycles. The Morgan fingerprint density at radius 2 is 1.15 bits per heavy atom. The summed E-state index contributed by atoms with van der Waals surface area (Å²) < 4.78 is 89.8. The number of ketones is 1. The van der Waals surface area contributed by atoms with E-state index in [1.165, 1.54) is 24.3 Å². The molecule has 0 atom stereocenters. The molecule has 0 radical (unpaired) electrons. The van der Waals surface area contributed by atoms with Gasteiger partial charge in [0.2, 0.25) is 5.41 Å². The number of anilines is 2. The van der Waals surface area contributed by atoms with Gasteiger partial charge in [0.15, 0.2) is 5.78 Å². The van der Waals surface area contributed by atoms with E-state index >= 15 is 0 Å². The van der Waals surface area contributed by atoms with Gasteiger partial charge >= 0.3 is 12.4 Å². The van der Waals surface area contributed by atoms with Crippen LogP contribution in [0.25, 0.3) is 0 Å². The zero-order valence-electron chi connectivity index (χ0n) is 26.4. The SMILES string of the molecule is CCC(C)(CC)Nc1cc(C(c2ccc(O)c(NC(=O)c3cccc(C(=O)C(C)(C)CC)c3)c2)(C(F)(F)F)C(F)(F)F)ccc1O. The Bertz CT molecular complexity index is 1580. The van der Waals surface area contributed by atoms with Crippen molar-refractivity contribution in [3.05, 3.63) is 82.9 Å². The van der Waals surface area contributed by atoms with Crippen LogP contribution in [0.1, 0.15) is 92.6 Å². The molecule has 0 saturated heterocycles. The molecule has 250 valence electrons. The molecule has 0 bridgehead atoms. The first-order valence-corrected chi connectivity index (χ1v) is 14.7. The smallest absolute Gasteiger partial charge is 0.411 e. The lowest BCUT2D eigenvalue weighted by atomic mass is 9.72. The molecule has 0 aromatic heterocycles. The predicted molar refractivity (Wildman–Crippen MR) is 165 cm³/mol. The first-order chi connectivity index (χ1) is 21.2. The first kappa shape index (κ1) is 36.3. The Hall–Kier alpha value is -4.22. The van der Waals surface area contributed by atoms with Gasteiger partial charge in [-0.05, 0) is 73.7 Å². The molecule has 3 rings (SSSR count). The lowest BCUT2D eigenvalue weighted by Gasteiger charge is -2.39. The van der Waals surface area contributed by atoms with Crippen molar-refractivity contribution in [3.8, 4) is 11.5 Å². The Balaban J connectivity index is 2.19. The molecule has 0 saturated carbocycles. The van der Waals surface area contributed by atoms with Crippen molar-refractivity contribution in [2.24, 2.45) is 5.41 Å². The van der Waals surface area contributed by atoms with E-state index in [-0.39, 0.29) is 22.6 Å². The second-order valence-electron chi connectivity index (χ2n) is 12.2. The Morgan fingerprint density at radius 3 is 1.63 bits per heavy atom. The minimum absolute atomic E-state index is 0.107. The summed E-state index contributed by atoms with van der Waals surface area (Å²) in [5, 5.41) is 25.9. The van der Waals surface area contributed by atoms with Crippen molar-refractivity contribution < 1.29 is 46.1 Å². The van der Waals surface area contributed by atoms with Crippen LogP contribution in [0.15, 0.2) is 60.7 Å². The number of rotatable bonds is 11. The minimum atomic E-state index is -5.97. The standard InChI is InChI=1S/C34H38F6N2O4/c1-7-30(4,5)28(45)20-11-10-12-21(17-20)29(46)41-24-18-22(13-15-26(24)43)32(33(35,36)37,34(38,39)40)23-14-16-27(44)25(19-23)42-31(6,8-2)9-3/h10-19,42-44H,7-9H2,1-6H3,(H,41,46). The Labute approximate surface area is 263 Å². The molecule has 0 spiro atoms. The summed E-state index contributed by atoms with van der Waals surface area (Å²) in [5.41, 5.74) is -9.68. The molecule has 0 aliphatic rings. The van der Waals surface area contributed by atoms with Crippen LogP contribution in [0.3, 0.4) is 0 Å². The molecule has 6 nitrogen and oxygen atoms in total. The van der Waals surface area contributed by atoms with Crippen LogP contribution in [-0.2, 0) is 5.41 Å². The number of phenols is 2. The van der Waals surface area contributed by atoms with Crippen LogP contribution < -0.4 is 10.6 Å². The molecule has 4 N–H and O–H groups in total. The molecule has 0 heterocycles. The zero-order chi connectivity index (χ0) is 34.9. The second kappa shape index (κ2) is 12.9. The summed E-state index contributed by atoms with van der Waals surface area (Å²) >= 11 is 0. The van der Waals surface area contributed by atoms with E-state index in [4.69, 9.17) is 0 Å². The van der Waals surface area contributed by atoms with Crippen molar-refractivity contribution in [2.75, 3.05) is 10.6 Å². The molecule has 0 unspecified atom stereocenters. The predicted octanol–water partition coefficient (Wildman–Crippen LogP) is 9.37. The van der Waals surface area contributed by atoms with Crippen molar-refractivity contribution in [2.45, 2.75) is 84.1 Å². The minimum Gasteiger partial charge on any atom is -0.506 e. The molecule has 0 aliphatic carbocycles. The van der Waals surface area contributed by atoms with Gasteiger partial charge in [0.1, 0.15) is 11.5 Å². The summed E-state index contributed by atoms with van der Waals surface area (Å²) in [7, 11) is 0. The number of hydrogen-bond donors (Lipinski definition) is 4. The maximum absolute atomic E-state index is 15.0. The third kappa shape index (κ3) is 6.80. The van der Waals surface area contributed by atoms with Gasteiger partial charge in [-0.1, -0.05) is 58.9 Å². The Morgan fingerprint density at radius 1 is 0.674 bits per heavy atom. The normalized spacial score (nSPS) is 13.0. The van der Waals surface area contributed by atoms with Crippen LogP contribution in [0, 0.1) is 5.41 Å². The van der Waals surface area contributed by atoms with Gasteiger partial charge in [-0.3, -0.25) is 9.59 Å². The third-order valence-corrected chi connectivity index (χ3v) is 8.84. The van der Waals surface area contributed by atoms with Crippen LogP contribution >= 0.6 is 0 Å². The molecule has 46 heavy (non-hydrogen) atoms. The number of phenolic OH excluding ortho intramolecular Hbond substituents is 2. The zero-order valence-corrected chi connectivity index (χ0v) is 26.4. The summed E-state index contributed by atoms with van der Waals surface area (Å²) in [6, 6.07) is 8.93. The van der Waals surface area contributed by atoms with Crippen LogP contribution in [-0.4, -0.2) is 39.8 Å². The number of halogens is 6. The largest absolute Gasteiger partial charge is 0.506 e. The van der Waals surface area contributed by atoms with Crippen molar-refractivity contribution in [3.63, 3.8) is 0 Å². The molecular formula is C34H38F6N2O4.